The van der Waals surface area contributed by atoms with Gasteiger partial charge in [0.1, 0.15) is 0 Å². The van der Waals surface area contributed by atoms with E-state index in [1.807, 2.05) is 0 Å². The number of thiazole rings is 1. The first kappa shape index (κ1) is 11.8. The molecule has 0 bridgehead atoms. The van der Waals surface area contributed by atoms with Crippen LogP contribution in [0.4, 0.5) is 10.8 Å². The molecule has 0 spiro atoms. The molecule has 0 saturated carbocycles. The number of nitrogen functional groups attached to an aromatic ring is 1. The Balaban J connectivity index is 1.93. The lowest BCUT2D eigenvalue weighted by Crippen LogP contribution is -2.38. The molecule has 2 atom stereocenters. The van der Waals surface area contributed by atoms with Gasteiger partial charge < -0.3 is 10.6 Å². The predicted molar refractivity (Wildman–Crippen MR) is 79.2 cm³/mol. The maximum atomic E-state index is 5.76. The molecule has 1 fully saturated rings. The van der Waals surface area contributed by atoms with Crippen LogP contribution in [0.15, 0.2) is 18.2 Å². The first-order chi connectivity index (χ1) is 8.61. The van der Waals surface area contributed by atoms with E-state index in [2.05, 4.69) is 41.9 Å². The molecule has 1 aliphatic rings. The predicted octanol–water partition coefficient (Wildman–Crippen LogP) is 3.36. The van der Waals surface area contributed by atoms with Crippen LogP contribution in [-0.4, -0.2) is 18.1 Å². The third kappa shape index (κ3) is 2.17. The summed E-state index contributed by atoms with van der Waals surface area (Å²) in [6, 6.07) is 6.49. The van der Waals surface area contributed by atoms with Crippen molar-refractivity contribution in [2.75, 3.05) is 23.7 Å². The van der Waals surface area contributed by atoms with E-state index in [4.69, 9.17) is 5.73 Å². The first-order valence-corrected chi connectivity index (χ1v) is 7.34. The highest BCUT2D eigenvalue weighted by atomic mass is 32.1. The van der Waals surface area contributed by atoms with Crippen molar-refractivity contribution in [3.8, 4) is 0 Å². The Kier molecular flexibility index (Phi) is 2.90. The van der Waals surface area contributed by atoms with E-state index in [1.165, 1.54) is 16.8 Å². The van der Waals surface area contributed by atoms with Crippen molar-refractivity contribution in [2.45, 2.75) is 20.3 Å². The zero-order valence-electron chi connectivity index (χ0n) is 10.9. The number of fused-ring (bicyclic) bond motifs is 1. The monoisotopic (exact) mass is 261 g/mol. The molecule has 2 heterocycles. The third-order valence-corrected chi connectivity index (χ3v) is 4.47. The topological polar surface area (TPSA) is 42.2 Å². The van der Waals surface area contributed by atoms with E-state index in [0.717, 1.165) is 30.4 Å². The fourth-order valence-corrected chi connectivity index (χ4v) is 3.77. The highest BCUT2D eigenvalue weighted by molar-refractivity contribution is 7.22. The second-order valence-electron chi connectivity index (χ2n) is 5.56. The van der Waals surface area contributed by atoms with Crippen LogP contribution in [0.3, 0.4) is 0 Å². The molecule has 2 N–H and O–H groups in total. The molecule has 1 aromatic heterocycles. The lowest BCUT2D eigenvalue weighted by atomic mass is 9.91. The normalized spacial score (nSPS) is 24.7. The molecule has 0 radical (unpaired) electrons. The van der Waals surface area contributed by atoms with Crippen molar-refractivity contribution in [1.82, 2.24) is 4.98 Å². The number of rotatable bonds is 1. The van der Waals surface area contributed by atoms with E-state index < -0.39 is 0 Å². The SMILES string of the molecule is CC1CC(C)CN(c2ccc3nc(N)sc3c2)C1. The first-order valence-electron chi connectivity index (χ1n) is 6.53. The molecule has 1 aliphatic heterocycles. The maximum Gasteiger partial charge on any atom is 0.181 e. The number of hydrogen-bond donors (Lipinski definition) is 1. The summed E-state index contributed by atoms with van der Waals surface area (Å²) in [7, 11) is 0. The summed E-state index contributed by atoms with van der Waals surface area (Å²) >= 11 is 1.57. The van der Waals surface area contributed by atoms with Crippen molar-refractivity contribution in [2.24, 2.45) is 11.8 Å². The van der Waals surface area contributed by atoms with Gasteiger partial charge in [0.25, 0.3) is 0 Å². The number of nitrogens with zero attached hydrogens (tertiary/aromatic N) is 2. The Hall–Kier alpha value is -1.29. The van der Waals surface area contributed by atoms with Crippen molar-refractivity contribution in [3.63, 3.8) is 0 Å². The number of piperidine rings is 1. The van der Waals surface area contributed by atoms with E-state index in [9.17, 15) is 0 Å². The minimum atomic E-state index is 0.655. The largest absolute Gasteiger partial charge is 0.375 e. The van der Waals surface area contributed by atoms with E-state index in [1.54, 1.807) is 11.3 Å². The minimum Gasteiger partial charge on any atom is -0.375 e. The summed E-state index contributed by atoms with van der Waals surface area (Å²) in [4.78, 5) is 6.80. The van der Waals surface area contributed by atoms with Crippen molar-refractivity contribution in [3.05, 3.63) is 18.2 Å². The van der Waals surface area contributed by atoms with Crippen LogP contribution in [-0.2, 0) is 0 Å². The fourth-order valence-electron chi connectivity index (χ4n) is 3.00. The summed E-state index contributed by atoms with van der Waals surface area (Å²) in [5.41, 5.74) is 8.08. The lowest BCUT2D eigenvalue weighted by molar-refractivity contribution is 0.357. The van der Waals surface area contributed by atoms with Gasteiger partial charge in [0.15, 0.2) is 5.13 Å². The summed E-state index contributed by atoms with van der Waals surface area (Å²) in [6.45, 7) is 6.99. The Bertz CT molecular complexity index is 553. The number of aromatic nitrogens is 1. The van der Waals surface area contributed by atoms with Gasteiger partial charge in [-0.05, 0) is 36.5 Å². The molecule has 3 rings (SSSR count). The molecular formula is C14H19N3S. The fraction of sp³-hybridized carbons (Fsp3) is 0.500. The van der Waals surface area contributed by atoms with Gasteiger partial charge in [-0.15, -0.1) is 0 Å². The second-order valence-corrected chi connectivity index (χ2v) is 6.62. The van der Waals surface area contributed by atoms with Gasteiger partial charge >= 0.3 is 0 Å². The molecule has 1 saturated heterocycles. The van der Waals surface area contributed by atoms with Crippen LogP contribution in [0.1, 0.15) is 20.3 Å². The van der Waals surface area contributed by atoms with Gasteiger partial charge in [-0.1, -0.05) is 25.2 Å². The minimum absolute atomic E-state index is 0.655. The zero-order valence-corrected chi connectivity index (χ0v) is 11.7. The average Bonchev–Trinajstić information content (AvgIpc) is 2.66. The Labute approximate surface area is 112 Å². The molecule has 0 amide bonds. The maximum absolute atomic E-state index is 5.76. The molecule has 96 valence electrons. The highest BCUT2D eigenvalue weighted by Gasteiger charge is 2.22. The zero-order chi connectivity index (χ0) is 12.7. The Morgan fingerprint density at radius 1 is 1.28 bits per heavy atom. The average molecular weight is 261 g/mol. The van der Waals surface area contributed by atoms with Crippen LogP contribution < -0.4 is 10.6 Å². The number of benzene rings is 1. The quantitative estimate of drug-likeness (QED) is 0.856. The van der Waals surface area contributed by atoms with Crippen LogP contribution >= 0.6 is 11.3 Å². The molecule has 3 nitrogen and oxygen atoms in total. The molecule has 18 heavy (non-hydrogen) atoms. The van der Waals surface area contributed by atoms with Gasteiger partial charge in [-0.3, -0.25) is 0 Å². The lowest BCUT2D eigenvalue weighted by Gasteiger charge is -2.36. The Morgan fingerprint density at radius 2 is 2.00 bits per heavy atom. The summed E-state index contributed by atoms with van der Waals surface area (Å²) in [5.74, 6) is 1.55. The van der Waals surface area contributed by atoms with Crippen LogP contribution in [0, 0.1) is 11.8 Å². The smallest absolute Gasteiger partial charge is 0.181 e. The molecule has 2 aromatic rings. The molecule has 4 heteroatoms. The number of nitrogens with two attached hydrogens (primary N) is 1. The standard InChI is InChI=1S/C14H19N3S/c1-9-5-10(2)8-17(7-9)11-3-4-12-13(6-11)18-14(15)16-12/h3-4,6,9-10H,5,7-8H2,1-2H3,(H2,15,16). The van der Waals surface area contributed by atoms with Crippen molar-refractivity contribution < 1.29 is 0 Å². The summed E-state index contributed by atoms with van der Waals surface area (Å²) < 4.78 is 1.19. The van der Waals surface area contributed by atoms with Gasteiger partial charge in [-0.2, -0.15) is 0 Å². The highest BCUT2D eigenvalue weighted by Crippen LogP contribution is 2.31. The van der Waals surface area contributed by atoms with Crippen molar-refractivity contribution >= 4 is 32.4 Å². The molecule has 2 unspecified atom stereocenters. The van der Waals surface area contributed by atoms with Gasteiger partial charge in [0, 0.05) is 18.8 Å². The summed E-state index contributed by atoms with van der Waals surface area (Å²) in [5, 5.41) is 0.655. The van der Waals surface area contributed by atoms with Crippen molar-refractivity contribution in [1.29, 1.82) is 0 Å². The van der Waals surface area contributed by atoms with E-state index in [0.29, 0.717) is 5.13 Å². The number of hydrogen-bond acceptors (Lipinski definition) is 4. The second kappa shape index (κ2) is 4.43. The van der Waals surface area contributed by atoms with Crippen LogP contribution in [0.5, 0.6) is 0 Å². The Morgan fingerprint density at radius 3 is 2.72 bits per heavy atom. The summed E-state index contributed by atoms with van der Waals surface area (Å²) in [6.07, 6.45) is 1.34. The number of anilines is 2. The molecular weight excluding hydrogens is 242 g/mol. The van der Waals surface area contributed by atoms with E-state index >= 15 is 0 Å². The molecule has 0 aliphatic carbocycles. The van der Waals surface area contributed by atoms with Gasteiger partial charge in [0.05, 0.1) is 10.2 Å². The van der Waals surface area contributed by atoms with Crippen LogP contribution in [0.2, 0.25) is 0 Å². The molecule has 1 aromatic carbocycles. The van der Waals surface area contributed by atoms with Gasteiger partial charge in [0.2, 0.25) is 0 Å². The third-order valence-electron chi connectivity index (χ3n) is 3.62. The van der Waals surface area contributed by atoms with Gasteiger partial charge in [-0.25, -0.2) is 4.98 Å². The van der Waals surface area contributed by atoms with Crippen LogP contribution in [0.25, 0.3) is 10.2 Å². The van der Waals surface area contributed by atoms with E-state index in [-0.39, 0.29) is 0 Å².